The topological polar surface area (TPSA) is 111 Å². The van der Waals surface area contributed by atoms with Crippen LogP contribution in [0.4, 0.5) is 5.69 Å². The predicted molar refractivity (Wildman–Crippen MR) is 118 cm³/mol. The van der Waals surface area contributed by atoms with E-state index in [9.17, 15) is 16.8 Å². The lowest BCUT2D eigenvalue weighted by Gasteiger charge is -2.20. The maximum Gasteiger partial charge on any atom is 0.262 e. The molecule has 31 heavy (non-hydrogen) atoms. The Labute approximate surface area is 184 Å². The molecule has 2 rings (SSSR count). The van der Waals surface area contributed by atoms with Crippen molar-refractivity contribution in [3.05, 3.63) is 36.4 Å². The van der Waals surface area contributed by atoms with Crippen molar-refractivity contribution in [2.45, 2.75) is 30.6 Å². The molecule has 2 aromatic carbocycles. The minimum Gasteiger partial charge on any atom is -0.497 e. The average Bonchev–Trinajstić information content (AvgIpc) is 2.75. The molecule has 0 aliphatic carbocycles. The van der Waals surface area contributed by atoms with E-state index in [1.807, 2.05) is 0 Å². The van der Waals surface area contributed by atoms with Gasteiger partial charge in [0, 0.05) is 31.3 Å². The standard InChI is InChI=1S/C20H28N2O7S2/c1-6-22(7-2)31(25,26)17-9-10-20(29-8-3)19(14-17)21-30(23,24)18-12-15(27-4)11-16(13-18)28-5/h9-14,21H,6-8H2,1-5H3. The van der Waals surface area contributed by atoms with Crippen molar-refractivity contribution in [3.63, 3.8) is 0 Å². The summed E-state index contributed by atoms with van der Waals surface area (Å²) in [5.41, 5.74) is 0.0110. The lowest BCUT2D eigenvalue weighted by atomic mass is 10.3. The van der Waals surface area contributed by atoms with Crippen LogP contribution in [0.1, 0.15) is 20.8 Å². The Morgan fingerprint density at radius 1 is 0.839 bits per heavy atom. The Hall–Kier alpha value is -2.50. The van der Waals surface area contributed by atoms with Gasteiger partial charge in [0.2, 0.25) is 10.0 Å². The summed E-state index contributed by atoms with van der Waals surface area (Å²) in [5.74, 6) is 0.796. The number of nitrogens with one attached hydrogen (secondary N) is 1. The first kappa shape index (κ1) is 24.8. The highest BCUT2D eigenvalue weighted by molar-refractivity contribution is 7.92. The van der Waals surface area contributed by atoms with E-state index < -0.39 is 20.0 Å². The van der Waals surface area contributed by atoms with Gasteiger partial charge in [0.1, 0.15) is 17.2 Å². The molecule has 0 spiro atoms. The molecule has 0 radical (unpaired) electrons. The molecule has 2 aromatic rings. The van der Waals surface area contributed by atoms with Gasteiger partial charge < -0.3 is 14.2 Å². The van der Waals surface area contributed by atoms with E-state index in [-0.39, 0.29) is 40.9 Å². The van der Waals surface area contributed by atoms with Gasteiger partial charge in [0.15, 0.2) is 0 Å². The van der Waals surface area contributed by atoms with Gasteiger partial charge in [-0.25, -0.2) is 16.8 Å². The molecule has 9 nitrogen and oxygen atoms in total. The van der Waals surface area contributed by atoms with E-state index >= 15 is 0 Å². The molecule has 0 amide bonds. The maximum atomic E-state index is 13.1. The first-order valence-electron chi connectivity index (χ1n) is 9.65. The van der Waals surface area contributed by atoms with E-state index in [2.05, 4.69) is 4.72 Å². The number of anilines is 1. The quantitative estimate of drug-likeness (QED) is 0.535. The summed E-state index contributed by atoms with van der Waals surface area (Å²) < 4.78 is 71.4. The Morgan fingerprint density at radius 3 is 1.90 bits per heavy atom. The minimum absolute atomic E-state index is 0.0110. The Kier molecular flexibility index (Phi) is 8.15. The van der Waals surface area contributed by atoms with Gasteiger partial charge in [0.25, 0.3) is 10.0 Å². The fraction of sp³-hybridized carbons (Fsp3) is 0.400. The molecule has 0 fully saturated rings. The second-order valence-electron chi connectivity index (χ2n) is 6.33. The van der Waals surface area contributed by atoms with Crippen molar-refractivity contribution >= 4 is 25.7 Å². The molecule has 172 valence electrons. The first-order valence-corrected chi connectivity index (χ1v) is 12.6. The van der Waals surface area contributed by atoms with Crippen molar-refractivity contribution in [2.75, 3.05) is 38.6 Å². The van der Waals surface area contributed by atoms with Crippen molar-refractivity contribution in [1.82, 2.24) is 4.31 Å². The molecule has 0 aliphatic heterocycles. The van der Waals surface area contributed by atoms with Crippen molar-refractivity contribution in [3.8, 4) is 17.2 Å². The van der Waals surface area contributed by atoms with Gasteiger partial charge in [-0.1, -0.05) is 13.8 Å². The number of sulfonamides is 2. The molecule has 0 saturated heterocycles. The fourth-order valence-electron chi connectivity index (χ4n) is 2.88. The van der Waals surface area contributed by atoms with Crippen LogP contribution >= 0.6 is 0 Å². The second-order valence-corrected chi connectivity index (χ2v) is 9.95. The summed E-state index contributed by atoms with van der Waals surface area (Å²) in [4.78, 5) is -0.149. The molecular formula is C20H28N2O7S2. The summed E-state index contributed by atoms with van der Waals surface area (Å²) in [5, 5.41) is 0. The number of nitrogens with zero attached hydrogens (tertiary/aromatic N) is 1. The van der Waals surface area contributed by atoms with Crippen LogP contribution in [0.15, 0.2) is 46.2 Å². The van der Waals surface area contributed by atoms with E-state index in [4.69, 9.17) is 14.2 Å². The molecule has 0 heterocycles. The van der Waals surface area contributed by atoms with Crippen LogP contribution in [0.3, 0.4) is 0 Å². The Balaban J connectivity index is 2.56. The number of hydrogen-bond donors (Lipinski definition) is 1. The van der Waals surface area contributed by atoms with Crippen LogP contribution in [-0.4, -0.2) is 55.1 Å². The number of hydrogen-bond acceptors (Lipinski definition) is 7. The molecule has 0 atom stereocenters. The van der Waals surface area contributed by atoms with Crippen molar-refractivity contribution in [2.24, 2.45) is 0 Å². The lowest BCUT2D eigenvalue weighted by Crippen LogP contribution is -2.30. The van der Waals surface area contributed by atoms with Gasteiger partial charge in [-0.2, -0.15) is 4.31 Å². The molecule has 11 heteroatoms. The smallest absolute Gasteiger partial charge is 0.262 e. The number of benzene rings is 2. The fourth-order valence-corrected chi connectivity index (χ4v) is 5.48. The number of rotatable bonds is 11. The van der Waals surface area contributed by atoms with Gasteiger partial charge >= 0.3 is 0 Å². The third-order valence-corrected chi connectivity index (χ3v) is 7.86. The number of ether oxygens (including phenoxy) is 3. The van der Waals surface area contributed by atoms with Gasteiger partial charge in [-0.3, -0.25) is 4.72 Å². The highest BCUT2D eigenvalue weighted by Gasteiger charge is 2.25. The van der Waals surface area contributed by atoms with Crippen LogP contribution in [0.5, 0.6) is 17.2 Å². The van der Waals surface area contributed by atoms with Crippen molar-refractivity contribution < 1.29 is 31.0 Å². The van der Waals surface area contributed by atoms with Crippen molar-refractivity contribution in [1.29, 1.82) is 0 Å². The van der Waals surface area contributed by atoms with Crippen LogP contribution in [0, 0.1) is 0 Å². The van der Waals surface area contributed by atoms with Gasteiger partial charge in [-0.15, -0.1) is 0 Å². The SMILES string of the molecule is CCOc1ccc(S(=O)(=O)N(CC)CC)cc1NS(=O)(=O)c1cc(OC)cc(OC)c1. The zero-order valence-corrected chi connectivity index (χ0v) is 19.8. The van der Waals surface area contributed by atoms with Crippen LogP contribution in [-0.2, 0) is 20.0 Å². The maximum absolute atomic E-state index is 13.1. The molecule has 0 bridgehead atoms. The van der Waals surface area contributed by atoms with E-state index in [1.165, 1.54) is 48.9 Å². The van der Waals surface area contributed by atoms with E-state index in [0.29, 0.717) is 11.5 Å². The highest BCUT2D eigenvalue weighted by atomic mass is 32.2. The predicted octanol–water partition coefficient (Wildman–Crippen LogP) is 2.93. The summed E-state index contributed by atoms with van der Waals surface area (Å²) >= 11 is 0. The molecule has 0 aromatic heterocycles. The van der Waals surface area contributed by atoms with E-state index in [0.717, 1.165) is 0 Å². The van der Waals surface area contributed by atoms with Gasteiger partial charge in [-0.05, 0) is 25.1 Å². The molecule has 1 N–H and O–H groups in total. The molecule has 0 unspecified atom stereocenters. The normalized spacial score (nSPS) is 11.9. The number of methoxy groups -OCH3 is 2. The van der Waals surface area contributed by atoms with Crippen LogP contribution in [0.25, 0.3) is 0 Å². The monoisotopic (exact) mass is 472 g/mol. The lowest BCUT2D eigenvalue weighted by molar-refractivity contribution is 0.341. The minimum atomic E-state index is -4.11. The summed E-state index contributed by atoms with van der Waals surface area (Å²) in [7, 11) is -5.09. The largest absolute Gasteiger partial charge is 0.497 e. The first-order chi connectivity index (χ1) is 14.6. The third kappa shape index (κ3) is 5.60. The Bertz CT molecular complexity index is 1090. The van der Waals surface area contributed by atoms with E-state index in [1.54, 1.807) is 26.8 Å². The summed E-state index contributed by atoms with van der Waals surface area (Å²) in [6.45, 7) is 6.05. The molecule has 0 aliphatic rings. The van der Waals surface area contributed by atoms with Crippen LogP contribution in [0.2, 0.25) is 0 Å². The molecule has 0 saturated carbocycles. The summed E-state index contributed by atoms with van der Waals surface area (Å²) in [6, 6.07) is 8.30. The van der Waals surface area contributed by atoms with Gasteiger partial charge in [0.05, 0.1) is 36.3 Å². The average molecular weight is 473 g/mol. The highest BCUT2D eigenvalue weighted by Crippen LogP contribution is 2.33. The third-order valence-electron chi connectivity index (χ3n) is 4.47. The second kappa shape index (κ2) is 10.2. The van der Waals surface area contributed by atoms with Crippen LogP contribution < -0.4 is 18.9 Å². The summed E-state index contributed by atoms with van der Waals surface area (Å²) in [6.07, 6.45) is 0. The zero-order chi connectivity index (χ0) is 23.2. The molecular weight excluding hydrogens is 444 g/mol. The zero-order valence-electron chi connectivity index (χ0n) is 18.2. The Morgan fingerprint density at radius 2 is 1.42 bits per heavy atom.